The highest BCUT2D eigenvalue weighted by molar-refractivity contribution is 9.09. The van der Waals surface area contributed by atoms with E-state index in [-0.39, 0.29) is 28.2 Å². The van der Waals surface area contributed by atoms with Crippen LogP contribution in [0.5, 0.6) is 5.75 Å². The Balaban J connectivity index is 3.22. The standard InChI is InChI=1S/C11H10BrF3O2S/c1-6(16)9(12)7-4-3-5-8(10(7)17-2)18-11(13,14)15/h3-5,9H,1-2H3. The zero-order valence-electron chi connectivity index (χ0n) is 9.55. The third kappa shape index (κ3) is 3.91. The first-order chi connectivity index (χ1) is 8.26. The third-order valence-electron chi connectivity index (χ3n) is 2.07. The molecular weight excluding hydrogens is 333 g/mol. The van der Waals surface area contributed by atoms with Crippen molar-refractivity contribution in [2.75, 3.05) is 7.11 Å². The molecule has 0 saturated carbocycles. The van der Waals surface area contributed by atoms with Crippen LogP contribution in [0.15, 0.2) is 23.1 Å². The highest BCUT2D eigenvalue weighted by Crippen LogP contribution is 2.45. The van der Waals surface area contributed by atoms with Crippen molar-refractivity contribution < 1.29 is 22.7 Å². The fourth-order valence-electron chi connectivity index (χ4n) is 1.37. The van der Waals surface area contributed by atoms with Crippen LogP contribution in [0.4, 0.5) is 13.2 Å². The van der Waals surface area contributed by atoms with Gasteiger partial charge in [0.2, 0.25) is 0 Å². The van der Waals surface area contributed by atoms with Crippen molar-refractivity contribution in [3.8, 4) is 5.75 Å². The number of para-hydroxylation sites is 1. The summed E-state index contributed by atoms with van der Waals surface area (Å²) in [6.07, 6.45) is 0. The summed E-state index contributed by atoms with van der Waals surface area (Å²) in [5.74, 6) is -0.139. The average Bonchev–Trinajstić information content (AvgIpc) is 2.25. The van der Waals surface area contributed by atoms with Crippen molar-refractivity contribution in [1.82, 2.24) is 0 Å². The molecule has 1 atom stereocenters. The molecule has 100 valence electrons. The maximum absolute atomic E-state index is 12.4. The van der Waals surface area contributed by atoms with E-state index in [9.17, 15) is 18.0 Å². The van der Waals surface area contributed by atoms with E-state index in [4.69, 9.17) is 4.74 Å². The zero-order chi connectivity index (χ0) is 13.9. The van der Waals surface area contributed by atoms with Gasteiger partial charge < -0.3 is 4.74 Å². The fourth-order valence-corrected chi connectivity index (χ4v) is 2.43. The smallest absolute Gasteiger partial charge is 0.446 e. The van der Waals surface area contributed by atoms with E-state index < -0.39 is 10.3 Å². The van der Waals surface area contributed by atoms with Crippen molar-refractivity contribution in [2.45, 2.75) is 22.2 Å². The number of ketones is 1. The number of ether oxygens (including phenoxy) is 1. The lowest BCUT2D eigenvalue weighted by Crippen LogP contribution is -2.06. The summed E-state index contributed by atoms with van der Waals surface area (Å²) in [7, 11) is 1.28. The van der Waals surface area contributed by atoms with E-state index in [1.165, 1.54) is 26.2 Å². The summed E-state index contributed by atoms with van der Waals surface area (Å²) in [6.45, 7) is 1.35. The van der Waals surface area contributed by atoms with Gasteiger partial charge in [0.1, 0.15) is 16.4 Å². The minimum absolute atomic E-state index is 0.0619. The Morgan fingerprint density at radius 2 is 2.06 bits per heavy atom. The molecule has 1 aromatic rings. The molecule has 0 aliphatic carbocycles. The van der Waals surface area contributed by atoms with Crippen LogP contribution >= 0.6 is 27.7 Å². The molecule has 0 aromatic heterocycles. The van der Waals surface area contributed by atoms with Gasteiger partial charge >= 0.3 is 5.51 Å². The second kappa shape index (κ2) is 5.97. The molecule has 0 heterocycles. The van der Waals surface area contributed by atoms with E-state index in [0.29, 0.717) is 5.56 Å². The first-order valence-electron chi connectivity index (χ1n) is 4.83. The molecule has 18 heavy (non-hydrogen) atoms. The molecule has 1 rings (SSSR count). The first-order valence-corrected chi connectivity index (χ1v) is 6.56. The molecular formula is C11H10BrF3O2S. The number of rotatable bonds is 4. The number of benzene rings is 1. The minimum Gasteiger partial charge on any atom is -0.495 e. The van der Waals surface area contributed by atoms with E-state index >= 15 is 0 Å². The maximum Gasteiger partial charge on any atom is 0.446 e. The first kappa shape index (κ1) is 15.4. The van der Waals surface area contributed by atoms with Crippen LogP contribution in [-0.4, -0.2) is 18.4 Å². The van der Waals surface area contributed by atoms with Gasteiger partial charge in [0.25, 0.3) is 0 Å². The van der Waals surface area contributed by atoms with Crippen molar-refractivity contribution in [2.24, 2.45) is 0 Å². The number of hydrogen-bond acceptors (Lipinski definition) is 3. The monoisotopic (exact) mass is 342 g/mol. The van der Waals surface area contributed by atoms with Crippen LogP contribution in [0.25, 0.3) is 0 Å². The summed E-state index contributed by atoms with van der Waals surface area (Å²) in [4.78, 5) is 10.5. The topological polar surface area (TPSA) is 26.3 Å². The Kier molecular flexibility index (Phi) is 5.10. The van der Waals surface area contributed by atoms with Gasteiger partial charge in [-0.1, -0.05) is 28.1 Å². The summed E-state index contributed by atoms with van der Waals surface area (Å²) < 4.78 is 42.1. The number of thioether (sulfide) groups is 1. The number of carbonyl (C=O) groups excluding carboxylic acids is 1. The second-order valence-electron chi connectivity index (χ2n) is 3.40. The van der Waals surface area contributed by atoms with Crippen molar-refractivity contribution >= 4 is 33.5 Å². The molecule has 0 radical (unpaired) electrons. The van der Waals surface area contributed by atoms with Gasteiger partial charge in [-0.15, -0.1) is 0 Å². The number of Topliss-reactive ketones (excluding diaryl/α,β-unsaturated/α-hetero) is 1. The molecule has 0 amide bonds. The summed E-state index contributed by atoms with van der Waals surface area (Å²) in [6, 6.07) is 4.32. The van der Waals surface area contributed by atoms with E-state index in [1.807, 2.05) is 0 Å². The lowest BCUT2D eigenvalue weighted by Gasteiger charge is -2.16. The molecule has 0 saturated heterocycles. The number of hydrogen-bond donors (Lipinski definition) is 0. The highest BCUT2D eigenvalue weighted by Gasteiger charge is 2.32. The molecule has 0 fully saturated rings. The van der Waals surface area contributed by atoms with Gasteiger partial charge in [0.05, 0.1) is 12.0 Å². The summed E-state index contributed by atoms with van der Waals surface area (Å²) >= 11 is 2.87. The Bertz CT molecular complexity index is 448. The predicted molar refractivity (Wildman–Crippen MR) is 67.3 cm³/mol. The fraction of sp³-hybridized carbons (Fsp3) is 0.364. The minimum atomic E-state index is -4.40. The molecule has 0 N–H and O–H groups in total. The van der Waals surface area contributed by atoms with Gasteiger partial charge in [-0.25, -0.2) is 0 Å². The molecule has 2 nitrogen and oxygen atoms in total. The van der Waals surface area contributed by atoms with Crippen LogP contribution in [0.1, 0.15) is 17.3 Å². The number of carbonyl (C=O) groups is 1. The van der Waals surface area contributed by atoms with Crippen LogP contribution in [0, 0.1) is 0 Å². The number of alkyl halides is 4. The number of methoxy groups -OCH3 is 1. The molecule has 0 spiro atoms. The largest absolute Gasteiger partial charge is 0.495 e. The zero-order valence-corrected chi connectivity index (χ0v) is 11.9. The lowest BCUT2D eigenvalue weighted by molar-refractivity contribution is -0.116. The van der Waals surface area contributed by atoms with Gasteiger partial charge in [0, 0.05) is 5.56 Å². The quantitative estimate of drug-likeness (QED) is 0.601. The van der Waals surface area contributed by atoms with Crippen molar-refractivity contribution in [3.05, 3.63) is 23.8 Å². The van der Waals surface area contributed by atoms with Gasteiger partial charge in [-0.3, -0.25) is 4.79 Å². The molecule has 0 bridgehead atoms. The SMILES string of the molecule is COc1c(SC(F)(F)F)cccc1C(Br)C(C)=O. The number of halogens is 4. The van der Waals surface area contributed by atoms with E-state index in [2.05, 4.69) is 15.9 Å². The second-order valence-corrected chi connectivity index (χ2v) is 5.42. The third-order valence-corrected chi connectivity index (χ3v) is 3.98. The summed E-state index contributed by atoms with van der Waals surface area (Å²) in [5.41, 5.74) is -4.01. The highest BCUT2D eigenvalue weighted by atomic mass is 79.9. The molecule has 7 heteroatoms. The Labute approximate surface area is 115 Å². The van der Waals surface area contributed by atoms with Crippen LogP contribution in [0.2, 0.25) is 0 Å². The molecule has 0 aliphatic rings. The molecule has 1 aromatic carbocycles. The van der Waals surface area contributed by atoms with Crippen LogP contribution in [-0.2, 0) is 4.79 Å². The average molecular weight is 343 g/mol. The lowest BCUT2D eigenvalue weighted by atomic mass is 10.1. The Hall–Kier alpha value is -0.690. The van der Waals surface area contributed by atoms with E-state index in [0.717, 1.165) is 0 Å². The Morgan fingerprint density at radius 1 is 1.44 bits per heavy atom. The Morgan fingerprint density at radius 3 is 2.50 bits per heavy atom. The molecule has 0 aliphatic heterocycles. The van der Waals surface area contributed by atoms with Crippen LogP contribution < -0.4 is 4.74 Å². The van der Waals surface area contributed by atoms with Gasteiger partial charge in [-0.05, 0) is 24.8 Å². The maximum atomic E-state index is 12.4. The van der Waals surface area contributed by atoms with Crippen LogP contribution in [0.3, 0.4) is 0 Å². The van der Waals surface area contributed by atoms with Gasteiger partial charge in [0.15, 0.2) is 0 Å². The predicted octanol–water partition coefficient (Wildman–Crippen LogP) is 4.33. The van der Waals surface area contributed by atoms with Crippen molar-refractivity contribution in [3.63, 3.8) is 0 Å². The normalized spacial score (nSPS) is 13.2. The van der Waals surface area contributed by atoms with Gasteiger partial charge in [-0.2, -0.15) is 13.2 Å². The molecule has 1 unspecified atom stereocenters. The van der Waals surface area contributed by atoms with E-state index in [1.54, 1.807) is 6.07 Å². The summed E-state index contributed by atoms with van der Waals surface area (Å²) in [5, 5.41) is 0. The van der Waals surface area contributed by atoms with Crippen molar-refractivity contribution in [1.29, 1.82) is 0 Å².